The first kappa shape index (κ1) is 18.1. The first-order chi connectivity index (χ1) is 12.4. The molecule has 1 heterocycles. The summed E-state index contributed by atoms with van der Waals surface area (Å²) in [6.45, 7) is 7.74. The van der Waals surface area contributed by atoms with E-state index < -0.39 is 5.60 Å². The lowest BCUT2D eigenvalue weighted by Crippen LogP contribution is -2.45. The molecule has 2 aromatic rings. The summed E-state index contributed by atoms with van der Waals surface area (Å²) in [7, 11) is 1.63. The SMILES string of the molecule is COc1ccc2c(c1)N(C(=O)OC(C)(C)C)CCN2Cc1ccccc1. The van der Waals surface area contributed by atoms with Crippen molar-refractivity contribution in [1.29, 1.82) is 0 Å². The third-order valence-electron chi connectivity index (χ3n) is 4.24. The van der Waals surface area contributed by atoms with Gasteiger partial charge in [-0.05, 0) is 38.5 Å². The zero-order valence-electron chi connectivity index (χ0n) is 15.9. The van der Waals surface area contributed by atoms with Crippen LogP contribution in [0, 0.1) is 0 Å². The molecule has 0 bridgehead atoms. The van der Waals surface area contributed by atoms with Gasteiger partial charge in [0, 0.05) is 25.7 Å². The van der Waals surface area contributed by atoms with Crippen LogP contribution in [0.25, 0.3) is 0 Å². The topological polar surface area (TPSA) is 42.0 Å². The molecule has 0 atom stereocenters. The van der Waals surface area contributed by atoms with Gasteiger partial charge in [-0.3, -0.25) is 4.90 Å². The maximum Gasteiger partial charge on any atom is 0.414 e. The summed E-state index contributed by atoms with van der Waals surface area (Å²) >= 11 is 0. The standard InChI is InChI=1S/C21H26N2O3/c1-21(2,3)26-20(24)23-13-12-22(15-16-8-6-5-7-9-16)18-11-10-17(25-4)14-19(18)23/h5-11,14H,12-13,15H2,1-4H3. The van der Waals surface area contributed by atoms with Crippen molar-refractivity contribution in [1.82, 2.24) is 0 Å². The van der Waals surface area contributed by atoms with Gasteiger partial charge >= 0.3 is 6.09 Å². The second-order valence-corrected chi connectivity index (χ2v) is 7.39. The monoisotopic (exact) mass is 354 g/mol. The summed E-state index contributed by atoms with van der Waals surface area (Å²) in [4.78, 5) is 16.7. The number of amides is 1. The summed E-state index contributed by atoms with van der Waals surface area (Å²) in [6.07, 6.45) is -0.327. The average Bonchev–Trinajstić information content (AvgIpc) is 2.60. The van der Waals surface area contributed by atoms with Crippen molar-refractivity contribution in [3.63, 3.8) is 0 Å². The number of hydrogen-bond acceptors (Lipinski definition) is 4. The predicted molar refractivity (Wildman–Crippen MR) is 104 cm³/mol. The number of carbonyl (C=O) groups excluding carboxylic acids is 1. The van der Waals surface area contributed by atoms with Crippen molar-refractivity contribution in [2.24, 2.45) is 0 Å². The number of rotatable bonds is 3. The summed E-state index contributed by atoms with van der Waals surface area (Å²) < 4.78 is 11.0. The van der Waals surface area contributed by atoms with Gasteiger partial charge in [-0.2, -0.15) is 0 Å². The normalized spacial score (nSPS) is 14.0. The van der Waals surface area contributed by atoms with Gasteiger partial charge in [-0.25, -0.2) is 4.79 Å². The third kappa shape index (κ3) is 4.10. The Balaban J connectivity index is 1.91. The molecule has 1 aliphatic heterocycles. The number of carbonyl (C=O) groups is 1. The Labute approximate surface area is 155 Å². The number of ether oxygens (including phenoxy) is 2. The number of nitrogens with zero attached hydrogens (tertiary/aromatic N) is 2. The van der Waals surface area contributed by atoms with Gasteiger partial charge in [0.05, 0.1) is 18.5 Å². The van der Waals surface area contributed by atoms with Crippen LogP contribution in [0.4, 0.5) is 16.2 Å². The number of methoxy groups -OCH3 is 1. The van der Waals surface area contributed by atoms with Crippen LogP contribution in [0.3, 0.4) is 0 Å². The van der Waals surface area contributed by atoms with E-state index in [1.54, 1.807) is 12.0 Å². The van der Waals surface area contributed by atoms with Crippen molar-refractivity contribution in [2.45, 2.75) is 32.9 Å². The molecule has 0 radical (unpaired) electrons. The van der Waals surface area contributed by atoms with Crippen LogP contribution in [0.15, 0.2) is 48.5 Å². The van der Waals surface area contributed by atoms with Crippen LogP contribution < -0.4 is 14.5 Å². The summed E-state index contributed by atoms with van der Waals surface area (Å²) in [5, 5.41) is 0. The maximum atomic E-state index is 12.7. The highest BCUT2D eigenvalue weighted by Crippen LogP contribution is 2.37. The predicted octanol–water partition coefficient (Wildman–Crippen LogP) is 4.46. The fourth-order valence-corrected chi connectivity index (χ4v) is 3.05. The molecule has 0 saturated heterocycles. The second-order valence-electron chi connectivity index (χ2n) is 7.39. The van der Waals surface area contributed by atoms with E-state index in [0.29, 0.717) is 6.54 Å². The molecular formula is C21H26N2O3. The molecule has 5 nitrogen and oxygen atoms in total. The van der Waals surface area contributed by atoms with Crippen molar-refractivity contribution in [3.05, 3.63) is 54.1 Å². The van der Waals surface area contributed by atoms with E-state index in [2.05, 4.69) is 17.0 Å². The molecule has 5 heteroatoms. The number of anilines is 2. The second kappa shape index (κ2) is 7.28. The quantitative estimate of drug-likeness (QED) is 0.816. The Morgan fingerprint density at radius 2 is 1.77 bits per heavy atom. The molecule has 0 saturated carbocycles. The van der Waals surface area contributed by atoms with E-state index in [0.717, 1.165) is 30.2 Å². The zero-order valence-corrected chi connectivity index (χ0v) is 15.9. The minimum atomic E-state index is -0.530. The van der Waals surface area contributed by atoms with Gasteiger partial charge in [0.2, 0.25) is 0 Å². The largest absolute Gasteiger partial charge is 0.497 e. The van der Waals surface area contributed by atoms with Gasteiger partial charge in [0.15, 0.2) is 0 Å². The molecule has 0 unspecified atom stereocenters. The molecule has 1 aliphatic rings. The lowest BCUT2D eigenvalue weighted by atomic mass is 10.1. The number of hydrogen-bond donors (Lipinski definition) is 0. The van der Waals surface area contributed by atoms with Gasteiger partial charge in [-0.15, -0.1) is 0 Å². The molecule has 138 valence electrons. The first-order valence-corrected chi connectivity index (χ1v) is 8.85. The molecule has 3 rings (SSSR count). The maximum absolute atomic E-state index is 12.7. The Morgan fingerprint density at radius 1 is 1.04 bits per heavy atom. The van der Waals surface area contributed by atoms with Crippen LogP contribution in [0.2, 0.25) is 0 Å². The Bertz CT molecular complexity index is 769. The van der Waals surface area contributed by atoms with Crippen LogP contribution in [-0.2, 0) is 11.3 Å². The van der Waals surface area contributed by atoms with Crippen LogP contribution in [0.1, 0.15) is 26.3 Å². The first-order valence-electron chi connectivity index (χ1n) is 8.85. The Morgan fingerprint density at radius 3 is 2.42 bits per heavy atom. The molecule has 0 N–H and O–H groups in total. The zero-order chi connectivity index (χ0) is 18.7. The van der Waals surface area contributed by atoms with Crippen LogP contribution in [-0.4, -0.2) is 31.9 Å². The van der Waals surface area contributed by atoms with Crippen molar-refractivity contribution in [2.75, 3.05) is 30.0 Å². The van der Waals surface area contributed by atoms with Crippen molar-refractivity contribution in [3.8, 4) is 5.75 Å². The van der Waals surface area contributed by atoms with Crippen LogP contribution >= 0.6 is 0 Å². The third-order valence-corrected chi connectivity index (χ3v) is 4.24. The van der Waals surface area contributed by atoms with Gasteiger partial charge in [0.25, 0.3) is 0 Å². The van der Waals surface area contributed by atoms with E-state index in [4.69, 9.17) is 9.47 Å². The average molecular weight is 354 g/mol. The fraction of sp³-hybridized carbons (Fsp3) is 0.381. The van der Waals surface area contributed by atoms with E-state index in [-0.39, 0.29) is 6.09 Å². The summed E-state index contributed by atoms with van der Waals surface area (Å²) in [5.74, 6) is 0.721. The van der Waals surface area contributed by atoms with E-state index in [9.17, 15) is 4.79 Å². The minimum Gasteiger partial charge on any atom is -0.497 e. The lowest BCUT2D eigenvalue weighted by Gasteiger charge is -2.38. The number of benzene rings is 2. The molecule has 2 aromatic carbocycles. The highest BCUT2D eigenvalue weighted by atomic mass is 16.6. The number of fused-ring (bicyclic) bond motifs is 1. The highest BCUT2D eigenvalue weighted by Gasteiger charge is 2.30. The summed E-state index contributed by atoms with van der Waals surface area (Å²) in [5.41, 5.74) is 2.53. The van der Waals surface area contributed by atoms with Crippen molar-refractivity contribution < 1.29 is 14.3 Å². The van der Waals surface area contributed by atoms with Gasteiger partial charge in [-0.1, -0.05) is 30.3 Å². The minimum absolute atomic E-state index is 0.327. The van der Waals surface area contributed by atoms with E-state index in [1.807, 2.05) is 57.2 Å². The molecule has 0 spiro atoms. The molecule has 0 aromatic heterocycles. The smallest absolute Gasteiger partial charge is 0.414 e. The molecule has 0 aliphatic carbocycles. The molecule has 0 fully saturated rings. The molecule has 26 heavy (non-hydrogen) atoms. The van der Waals surface area contributed by atoms with Gasteiger partial charge < -0.3 is 14.4 Å². The van der Waals surface area contributed by atoms with Gasteiger partial charge in [0.1, 0.15) is 11.4 Å². The lowest BCUT2D eigenvalue weighted by molar-refractivity contribution is 0.0580. The van der Waals surface area contributed by atoms with Crippen LogP contribution in [0.5, 0.6) is 5.75 Å². The Hall–Kier alpha value is -2.69. The summed E-state index contributed by atoms with van der Waals surface area (Å²) in [6, 6.07) is 16.2. The highest BCUT2D eigenvalue weighted by molar-refractivity contribution is 5.94. The molecular weight excluding hydrogens is 328 g/mol. The van der Waals surface area contributed by atoms with E-state index in [1.165, 1.54) is 5.56 Å². The Kier molecular flexibility index (Phi) is 5.07. The van der Waals surface area contributed by atoms with E-state index >= 15 is 0 Å². The fourth-order valence-electron chi connectivity index (χ4n) is 3.05. The molecule has 1 amide bonds. The van der Waals surface area contributed by atoms with Crippen molar-refractivity contribution >= 4 is 17.5 Å².